The lowest BCUT2D eigenvalue weighted by Gasteiger charge is -2.32. The molecular weight excluding hydrogens is 555 g/mol. The van der Waals surface area contributed by atoms with Crippen LogP contribution in [0.3, 0.4) is 0 Å². The molecule has 1 fully saturated rings. The van der Waals surface area contributed by atoms with E-state index in [1.165, 1.54) is 0 Å². The minimum Gasteiger partial charge on any atom is -0.399 e. The third kappa shape index (κ3) is 5.68. The maximum Gasteiger partial charge on any atom is 0.495 e. The van der Waals surface area contributed by atoms with Gasteiger partial charge in [-0.1, -0.05) is 84.9 Å². The van der Waals surface area contributed by atoms with Crippen LogP contribution in [0.4, 0.5) is 0 Å². The lowest BCUT2D eigenvalue weighted by atomic mass is 9.74. The Hall–Kier alpha value is -4.98. The molecule has 45 heavy (non-hydrogen) atoms. The molecule has 3 heterocycles. The molecule has 1 aliphatic rings. The number of hydrogen-bond donors (Lipinski definition) is 0. The molecule has 0 bridgehead atoms. The summed E-state index contributed by atoms with van der Waals surface area (Å²) >= 11 is 0. The molecule has 4 aromatic carbocycles. The number of pyridine rings is 1. The molecule has 6 aromatic rings. The number of rotatable bonds is 6. The first-order chi connectivity index (χ1) is 21.8. The summed E-state index contributed by atoms with van der Waals surface area (Å²) < 4.78 is 13.0. The smallest absolute Gasteiger partial charge is 0.399 e. The summed E-state index contributed by atoms with van der Waals surface area (Å²) in [5.74, 6) is 1.83. The topological polar surface area (TPSA) is 70.0 Å². The van der Waals surface area contributed by atoms with Crippen molar-refractivity contribution in [2.75, 3.05) is 0 Å². The summed E-state index contributed by atoms with van der Waals surface area (Å²) in [7, 11) is -0.509. The van der Waals surface area contributed by atoms with Crippen molar-refractivity contribution in [2.45, 2.75) is 38.9 Å². The van der Waals surface area contributed by atoms with Crippen molar-refractivity contribution in [1.29, 1.82) is 0 Å². The van der Waals surface area contributed by atoms with Gasteiger partial charge >= 0.3 is 7.12 Å². The molecule has 220 valence electrons. The summed E-state index contributed by atoms with van der Waals surface area (Å²) in [4.78, 5) is 19.2. The van der Waals surface area contributed by atoms with Crippen molar-refractivity contribution in [1.82, 2.24) is 19.9 Å². The molecule has 0 amide bonds. The number of benzene rings is 4. The Balaban J connectivity index is 1.43. The first-order valence-electron chi connectivity index (χ1n) is 15.2. The van der Waals surface area contributed by atoms with Crippen LogP contribution in [0.1, 0.15) is 27.7 Å². The van der Waals surface area contributed by atoms with Gasteiger partial charge in [-0.15, -0.1) is 0 Å². The second-order valence-electron chi connectivity index (χ2n) is 12.2. The van der Waals surface area contributed by atoms with Crippen molar-refractivity contribution in [3.8, 4) is 56.4 Å². The van der Waals surface area contributed by atoms with E-state index in [0.717, 1.165) is 44.4 Å². The van der Waals surface area contributed by atoms with Crippen LogP contribution in [0, 0.1) is 0 Å². The lowest BCUT2D eigenvalue weighted by Crippen LogP contribution is -2.41. The minimum absolute atomic E-state index is 0.457. The van der Waals surface area contributed by atoms with Crippen LogP contribution in [0.25, 0.3) is 56.4 Å². The molecule has 2 aromatic heterocycles. The zero-order chi connectivity index (χ0) is 31.0. The van der Waals surface area contributed by atoms with Crippen molar-refractivity contribution in [3.05, 3.63) is 128 Å². The van der Waals surface area contributed by atoms with Crippen LogP contribution < -0.4 is 5.46 Å². The highest BCUT2D eigenvalue weighted by molar-refractivity contribution is 6.63. The SMILES string of the molecule is CC1(C)OB(c2ccccc2-c2cc(-c3ccncc3)cc(-c3nc(-c4ccccc4)nc(-c4ccccc4)n3)c2)OC1(C)C. The average molecular weight is 589 g/mol. The van der Waals surface area contributed by atoms with Crippen LogP contribution in [0.2, 0.25) is 0 Å². The van der Waals surface area contributed by atoms with Gasteiger partial charge in [0.1, 0.15) is 0 Å². The average Bonchev–Trinajstić information content (AvgIpc) is 3.31. The van der Waals surface area contributed by atoms with E-state index < -0.39 is 18.3 Å². The molecule has 0 saturated carbocycles. The number of hydrogen-bond acceptors (Lipinski definition) is 6. The first kappa shape index (κ1) is 28.8. The molecule has 7 heteroatoms. The molecule has 7 rings (SSSR count). The van der Waals surface area contributed by atoms with E-state index >= 15 is 0 Å². The van der Waals surface area contributed by atoms with E-state index in [-0.39, 0.29) is 0 Å². The Morgan fingerprint density at radius 3 is 1.51 bits per heavy atom. The van der Waals surface area contributed by atoms with Crippen LogP contribution >= 0.6 is 0 Å². The van der Waals surface area contributed by atoms with Gasteiger partial charge < -0.3 is 9.31 Å². The summed E-state index contributed by atoms with van der Waals surface area (Å²) in [6, 6.07) is 38.8. The van der Waals surface area contributed by atoms with Gasteiger partial charge in [0.2, 0.25) is 0 Å². The lowest BCUT2D eigenvalue weighted by molar-refractivity contribution is 0.00578. The van der Waals surface area contributed by atoms with E-state index in [2.05, 4.69) is 63.0 Å². The minimum atomic E-state index is -0.509. The van der Waals surface area contributed by atoms with Gasteiger partial charge in [0, 0.05) is 29.1 Å². The van der Waals surface area contributed by atoms with Crippen molar-refractivity contribution in [2.24, 2.45) is 0 Å². The predicted octanol–water partition coefficient (Wildman–Crippen LogP) is 7.90. The van der Waals surface area contributed by atoms with E-state index in [4.69, 9.17) is 24.3 Å². The van der Waals surface area contributed by atoms with Crippen molar-refractivity contribution < 1.29 is 9.31 Å². The van der Waals surface area contributed by atoms with Gasteiger partial charge in [-0.05, 0) is 85.7 Å². The molecule has 6 nitrogen and oxygen atoms in total. The Labute approximate surface area is 264 Å². The maximum atomic E-state index is 6.51. The van der Waals surface area contributed by atoms with Gasteiger partial charge in [0.15, 0.2) is 17.5 Å². The van der Waals surface area contributed by atoms with E-state index in [1.54, 1.807) is 0 Å². The van der Waals surface area contributed by atoms with Crippen LogP contribution in [-0.2, 0) is 9.31 Å². The molecule has 0 unspecified atom stereocenters. The molecule has 0 spiro atoms. The monoisotopic (exact) mass is 588 g/mol. The predicted molar refractivity (Wildman–Crippen MR) is 181 cm³/mol. The van der Waals surface area contributed by atoms with Crippen LogP contribution in [0.15, 0.2) is 128 Å². The van der Waals surface area contributed by atoms with Gasteiger partial charge in [-0.3, -0.25) is 4.98 Å². The fourth-order valence-corrected chi connectivity index (χ4v) is 5.50. The highest BCUT2D eigenvalue weighted by atomic mass is 16.7. The number of nitrogens with zero attached hydrogens (tertiary/aromatic N) is 4. The highest BCUT2D eigenvalue weighted by Crippen LogP contribution is 2.38. The van der Waals surface area contributed by atoms with Crippen molar-refractivity contribution >= 4 is 12.6 Å². The summed E-state index contributed by atoms with van der Waals surface area (Å²) in [5, 5.41) is 0. The highest BCUT2D eigenvalue weighted by Gasteiger charge is 2.52. The molecule has 0 N–H and O–H groups in total. The maximum absolute atomic E-state index is 6.51. The Kier molecular flexibility index (Phi) is 7.36. The Bertz CT molecular complexity index is 1890. The largest absolute Gasteiger partial charge is 0.495 e. The summed E-state index contributed by atoms with van der Waals surface area (Å²) in [6.45, 7) is 8.31. The molecule has 1 aliphatic heterocycles. The van der Waals surface area contributed by atoms with E-state index in [1.807, 2.05) is 97.3 Å². The Morgan fingerprint density at radius 2 is 0.933 bits per heavy atom. The quantitative estimate of drug-likeness (QED) is 0.184. The van der Waals surface area contributed by atoms with E-state index in [0.29, 0.717) is 17.5 Å². The Morgan fingerprint density at radius 1 is 0.467 bits per heavy atom. The summed E-state index contributed by atoms with van der Waals surface area (Å²) in [5.41, 5.74) is 6.88. The first-order valence-corrected chi connectivity index (χ1v) is 15.2. The second-order valence-corrected chi connectivity index (χ2v) is 12.2. The van der Waals surface area contributed by atoms with Gasteiger partial charge in [0.25, 0.3) is 0 Å². The van der Waals surface area contributed by atoms with Crippen LogP contribution in [0.5, 0.6) is 0 Å². The third-order valence-corrected chi connectivity index (χ3v) is 8.68. The zero-order valence-corrected chi connectivity index (χ0v) is 25.8. The van der Waals surface area contributed by atoms with Crippen LogP contribution in [-0.4, -0.2) is 38.3 Å². The third-order valence-electron chi connectivity index (χ3n) is 8.68. The van der Waals surface area contributed by atoms with Gasteiger partial charge in [-0.2, -0.15) is 0 Å². The molecule has 0 aliphatic carbocycles. The molecule has 0 atom stereocenters. The molecular formula is C38H33BN4O2. The fraction of sp³-hybridized carbons (Fsp3) is 0.158. The number of aromatic nitrogens is 4. The summed E-state index contributed by atoms with van der Waals surface area (Å²) in [6.07, 6.45) is 3.62. The molecule has 1 saturated heterocycles. The standard InChI is InChI=1S/C38H33BN4O2/c1-37(2)38(3,4)45-39(44-37)33-18-12-11-17-32(33)30-23-29(26-19-21-40-22-20-26)24-31(25-30)36-42-34(27-13-7-5-8-14-27)41-35(43-36)28-15-9-6-10-16-28/h5-25H,1-4H3. The van der Waals surface area contributed by atoms with E-state index in [9.17, 15) is 0 Å². The zero-order valence-electron chi connectivity index (χ0n) is 25.8. The normalized spacial score (nSPS) is 15.2. The molecule has 0 radical (unpaired) electrons. The fourth-order valence-electron chi connectivity index (χ4n) is 5.50. The van der Waals surface area contributed by atoms with Gasteiger partial charge in [0.05, 0.1) is 11.2 Å². The second kappa shape index (κ2) is 11.5. The van der Waals surface area contributed by atoms with Crippen molar-refractivity contribution in [3.63, 3.8) is 0 Å². The van der Waals surface area contributed by atoms with Gasteiger partial charge in [-0.25, -0.2) is 15.0 Å².